The number of hydrogen-bond donors (Lipinski definition) is 0. The van der Waals surface area contributed by atoms with Crippen molar-refractivity contribution in [1.29, 1.82) is 0 Å². The van der Waals surface area contributed by atoms with Crippen molar-refractivity contribution in [2.45, 2.75) is 25.9 Å². The van der Waals surface area contributed by atoms with E-state index in [9.17, 15) is 9.18 Å². The van der Waals surface area contributed by atoms with Gasteiger partial charge in [-0.25, -0.2) is 4.39 Å². The summed E-state index contributed by atoms with van der Waals surface area (Å²) in [7, 11) is 1.49. The van der Waals surface area contributed by atoms with Gasteiger partial charge in [0.15, 0.2) is 0 Å². The first-order valence-electron chi connectivity index (χ1n) is 5.00. The molecule has 0 heterocycles. The van der Waals surface area contributed by atoms with Crippen LogP contribution in [0.1, 0.15) is 30.4 Å². The number of halogens is 2. The molecule has 1 aromatic carbocycles. The third-order valence-electron chi connectivity index (χ3n) is 2.42. The number of carbonyl (C=O) groups is 1. The van der Waals surface area contributed by atoms with Gasteiger partial charge in [-0.3, -0.25) is 0 Å². The predicted molar refractivity (Wildman–Crippen MR) is 61.2 cm³/mol. The van der Waals surface area contributed by atoms with Gasteiger partial charge in [0.05, 0.1) is 6.61 Å². The van der Waals surface area contributed by atoms with Crippen LogP contribution < -0.4 is 0 Å². The Morgan fingerprint density at radius 1 is 1.56 bits per heavy atom. The maximum atomic E-state index is 14.0. The average molecular weight is 245 g/mol. The molecule has 1 atom stereocenters. The largest absolute Gasteiger partial charge is 0.380 e. The van der Waals surface area contributed by atoms with E-state index in [0.29, 0.717) is 16.1 Å². The van der Waals surface area contributed by atoms with E-state index in [0.717, 1.165) is 6.29 Å². The molecule has 0 bridgehead atoms. The number of rotatable bonds is 5. The average Bonchev–Trinajstić information content (AvgIpc) is 2.23. The molecule has 0 aliphatic carbocycles. The number of carbonyl (C=O) groups excluding carboxylic acids is 1. The van der Waals surface area contributed by atoms with Crippen LogP contribution in [0.5, 0.6) is 0 Å². The van der Waals surface area contributed by atoms with Crippen LogP contribution in [0.2, 0.25) is 5.02 Å². The molecule has 1 aromatic rings. The second-order valence-corrected chi connectivity index (χ2v) is 4.14. The van der Waals surface area contributed by atoms with E-state index in [1.54, 1.807) is 13.0 Å². The highest BCUT2D eigenvalue weighted by Crippen LogP contribution is 2.27. The molecule has 2 nitrogen and oxygen atoms in total. The molecule has 0 amide bonds. The lowest BCUT2D eigenvalue weighted by Gasteiger charge is -2.13. The summed E-state index contributed by atoms with van der Waals surface area (Å²) in [5.41, 5.74) is 0.884. The van der Waals surface area contributed by atoms with Crippen LogP contribution in [0, 0.1) is 5.82 Å². The highest BCUT2D eigenvalue weighted by molar-refractivity contribution is 6.30. The molecule has 0 saturated heterocycles. The van der Waals surface area contributed by atoms with E-state index in [4.69, 9.17) is 16.3 Å². The number of ether oxygens (including phenoxy) is 1. The van der Waals surface area contributed by atoms with E-state index in [2.05, 4.69) is 0 Å². The number of benzene rings is 1. The van der Waals surface area contributed by atoms with Crippen LogP contribution in [0.4, 0.5) is 4.39 Å². The van der Waals surface area contributed by atoms with Gasteiger partial charge < -0.3 is 9.53 Å². The fourth-order valence-corrected chi connectivity index (χ4v) is 1.81. The van der Waals surface area contributed by atoms with Gasteiger partial charge >= 0.3 is 0 Å². The Balaban J connectivity index is 3.12. The minimum Gasteiger partial charge on any atom is -0.380 e. The predicted octanol–water partition coefficient (Wildman–Crippen LogP) is 3.32. The number of aldehydes is 1. The van der Waals surface area contributed by atoms with Crippen LogP contribution in [0.25, 0.3) is 0 Å². The fraction of sp³-hybridized carbons (Fsp3) is 0.417. The van der Waals surface area contributed by atoms with Crippen molar-refractivity contribution in [3.63, 3.8) is 0 Å². The minimum atomic E-state index is -0.333. The Hall–Kier alpha value is -0.930. The van der Waals surface area contributed by atoms with E-state index < -0.39 is 0 Å². The van der Waals surface area contributed by atoms with Gasteiger partial charge in [0, 0.05) is 24.1 Å². The molecule has 88 valence electrons. The van der Waals surface area contributed by atoms with Crippen molar-refractivity contribution in [3.05, 3.63) is 34.1 Å². The second-order valence-electron chi connectivity index (χ2n) is 3.70. The molecular formula is C12H14ClFO2. The topological polar surface area (TPSA) is 26.3 Å². The monoisotopic (exact) mass is 244 g/mol. The summed E-state index contributed by atoms with van der Waals surface area (Å²) in [6.07, 6.45) is 1.06. The Labute approximate surface area is 99.4 Å². The zero-order chi connectivity index (χ0) is 12.1. The number of methoxy groups -OCH3 is 1. The Morgan fingerprint density at radius 2 is 2.25 bits per heavy atom. The van der Waals surface area contributed by atoms with Crippen molar-refractivity contribution in [1.82, 2.24) is 0 Å². The highest BCUT2D eigenvalue weighted by atomic mass is 35.5. The lowest BCUT2D eigenvalue weighted by Crippen LogP contribution is -2.03. The van der Waals surface area contributed by atoms with Crippen LogP contribution in [0.15, 0.2) is 12.1 Å². The first kappa shape index (κ1) is 13.1. The van der Waals surface area contributed by atoms with E-state index in [1.807, 2.05) is 0 Å². The molecule has 4 heteroatoms. The molecule has 0 aliphatic rings. The molecular weight excluding hydrogens is 231 g/mol. The van der Waals surface area contributed by atoms with Crippen LogP contribution in [0.3, 0.4) is 0 Å². The highest BCUT2D eigenvalue weighted by Gasteiger charge is 2.15. The molecule has 0 radical (unpaired) electrons. The smallest absolute Gasteiger partial charge is 0.132 e. The van der Waals surface area contributed by atoms with Gasteiger partial charge in [-0.2, -0.15) is 0 Å². The molecule has 1 unspecified atom stereocenters. The van der Waals surface area contributed by atoms with Crippen molar-refractivity contribution < 1.29 is 13.9 Å². The fourth-order valence-electron chi connectivity index (χ4n) is 1.56. The quantitative estimate of drug-likeness (QED) is 0.743. The maximum Gasteiger partial charge on any atom is 0.132 e. The first-order chi connectivity index (χ1) is 7.60. The minimum absolute atomic E-state index is 0.174. The van der Waals surface area contributed by atoms with Gasteiger partial charge in [-0.15, -0.1) is 0 Å². The molecule has 0 saturated carbocycles. The third kappa shape index (κ3) is 3.03. The van der Waals surface area contributed by atoms with Crippen LogP contribution in [-0.2, 0) is 16.1 Å². The summed E-state index contributed by atoms with van der Waals surface area (Å²) in [4.78, 5) is 10.4. The number of hydrogen-bond acceptors (Lipinski definition) is 2. The molecule has 0 N–H and O–H groups in total. The van der Waals surface area contributed by atoms with Gasteiger partial charge in [0.1, 0.15) is 12.1 Å². The first-order valence-corrected chi connectivity index (χ1v) is 5.38. The Morgan fingerprint density at radius 3 is 2.81 bits per heavy atom. The van der Waals surface area contributed by atoms with E-state index in [-0.39, 0.29) is 24.8 Å². The maximum absolute atomic E-state index is 14.0. The Kier molecular flexibility index (Phi) is 4.90. The van der Waals surface area contributed by atoms with Crippen molar-refractivity contribution in [2.24, 2.45) is 0 Å². The SMILES string of the molecule is COCc1cc(Cl)cc(C(C)CC=O)c1F. The zero-order valence-electron chi connectivity index (χ0n) is 9.30. The van der Waals surface area contributed by atoms with Gasteiger partial charge in [-0.05, 0) is 23.6 Å². The lowest BCUT2D eigenvalue weighted by atomic mass is 9.96. The molecule has 0 aromatic heterocycles. The van der Waals surface area contributed by atoms with E-state index in [1.165, 1.54) is 13.2 Å². The van der Waals surface area contributed by atoms with Crippen LogP contribution in [-0.4, -0.2) is 13.4 Å². The third-order valence-corrected chi connectivity index (χ3v) is 2.64. The van der Waals surface area contributed by atoms with Crippen molar-refractivity contribution >= 4 is 17.9 Å². The second kappa shape index (κ2) is 5.97. The van der Waals surface area contributed by atoms with Gasteiger partial charge in [0.2, 0.25) is 0 Å². The molecule has 0 aliphatic heterocycles. The van der Waals surface area contributed by atoms with Crippen molar-refractivity contribution in [2.75, 3.05) is 7.11 Å². The summed E-state index contributed by atoms with van der Waals surface area (Å²) in [5.74, 6) is -0.507. The standard InChI is InChI=1S/C12H14ClFO2/c1-8(3-4-15)11-6-10(13)5-9(7-16-2)12(11)14/h4-6,8H,3,7H2,1-2H3. The molecule has 0 spiro atoms. The zero-order valence-corrected chi connectivity index (χ0v) is 10.1. The van der Waals surface area contributed by atoms with Gasteiger partial charge in [0.25, 0.3) is 0 Å². The summed E-state index contributed by atoms with van der Waals surface area (Å²) in [6.45, 7) is 1.97. The van der Waals surface area contributed by atoms with Gasteiger partial charge in [-0.1, -0.05) is 18.5 Å². The molecule has 0 fully saturated rings. The lowest BCUT2D eigenvalue weighted by molar-refractivity contribution is -0.108. The summed E-state index contributed by atoms with van der Waals surface area (Å²) in [6, 6.07) is 3.10. The molecule has 16 heavy (non-hydrogen) atoms. The molecule has 1 rings (SSSR count). The summed E-state index contributed by atoms with van der Waals surface area (Å²) in [5, 5.41) is 0.459. The van der Waals surface area contributed by atoms with Crippen LogP contribution >= 0.6 is 11.6 Å². The van der Waals surface area contributed by atoms with E-state index >= 15 is 0 Å². The summed E-state index contributed by atoms with van der Waals surface area (Å²) >= 11 is 5.89. The Bertz CT molecular complexity index is 380. The summed E-state index contributed by atoms with van der Waals surface area (Å²) < 4.78 is 18.8. The van der Waals surface area contributed by atoms with Crippen molar-refractivity contribution in [3.8, 4) is 0 Å². The normalized spacial score (nSPS) is 12.5.